The van der Waals surface area contributed by atoms with Crippen LogP contribution in [-0.2, 0) is 0 Å². The van der Waals surface area contributed by atoms with E-state index in [0.29, 0.717) is 11.6 Å². The number of rotatable bonds is 2. The van der Waals surface area contributed by atoms with Gasteiger partial charge in [-0.2, -0.15) is 0 Å². The van der Waals surface area contributed by atoms with Gasteiger partial charge in [0.1, 0.15) is 11.6 Å². The van der Waals surface area contributed by atoms with Gasteiger partial charge in [0.25, 0.3) is 5.91 Å². The Kier molecular flexibility index (Phi) is 4.09. The Hall–Kier alpha value is -2.28. The number of hydrogen-bond acceptors (Lipinski definition) is 3. The molecule has 2 N–H and O–H groups in total. The van der Waals surface area contributed by atoms with Gasteiger partial charge in [0, 0.05) is 11.6 Å². The fraction of sp³-hybridized carbons (Fsp3) is 0.0769. The molecular weight excluding hydrogens is 286 g/mol. The molecule has 4 nitrogen and oxygen atoms in total. The van der Waals surface area contributed by atoms with Gasteiger partial charge in [-0.05, 0) is 37.3 Å². The number of anilines is 1. The van der Waals surface area contributed by atoms with E-state index < -0.39 is 17.5 Å². The molecule has 0 spiro atoms. The van der Waals surface area contributed by atoms with Crippen LogP contribution in [0.3, 0.4) is 0 Å². The molecule has 2 aromatic rings. The van der Waals surface area contributed by atoms with Gasteiger partial charge < -0.3 is 9.73 Å². The van der Waals surface area contributed by atoms with Crippen molar-refractivity contribution in [3.05, 3.63) is 53.5 Å². The summed E-state index contributed by atoms with van der Waals surface area (Å²) in [4.78, 5) is 11.8. The molecule has 0 saturated carbocycles. The van der Waals surface area contributed by atoms with Crippen LogP contribution in [0, 0.1) is 18.6 Å². The molecule has 1 aromatic carbocycles. The average molecular weight is 296 g/mol. The molecule has 0 aliphatic carbocycles. The number of carbonyl (C=O) groups is 1. The van der Waals surface area contributed by atoms with E-state index in [2.05, 4.69) is 10.6 Å². The number of furan rings is 1. The number of benzene rings is 1. The minimum absolute atomic E-state index is 0.0344. The molecule has 2 rings (SSSR count). The summed E-state index contributed by atoms with van der Waals surface area (Å²) in [6.07, 6.45) is 1.38. The van der Waals surface area contributed by atoms with E-state index in [-0.39, 0.29) is 16.6 Å². The third-order valence-corrected chi connectivity index (χ3v) is 2.68. The summed E-state index contributed by atoms with van der Waals surface area (Å²) >= 11 is 4.88. The normalized spacial score (nSPS) is 10.2. The Morgan fingerprint density at radius 2 is 2.05 bits per heavy atom. The van der Waals surface area contributed by atoms with Crippen LogP contribution >= 0.6 is 12.2 Å². The van der Waals surface area contributed by atoms with Gasteiger partial charge >= 0.3 is 0 Å². The van der Waals surface area contributed by atoms with Crippen LogP contribution in [0.15, 0.2) is 34.9 Å². The van der Waals surface area contributed by atoms with Gasteiger partial charge in [-0.1, -0.05) is 0 Å². The van der Waals surface area contributed by atoms with Crippen LogP contribution < -0.4 is 10.6 Å². The van der Waals surface area contributed by atoms with E-state index >= 15 is 0 Å². The van der Waals surface area contributed by atoms with E-state index in [9.17, 15) is 13.6 Å². The highest BCUT2D eigenvalue weighted by molar-refractivity contribution is 7.80. The maximum absolute atomic E-state index is 13.4. The van der Waals surface area contributed by atoms with Crippen molar-refractivity contribution in [3.63, 3.8) is 0 Å². The van der Waals surface area contributed by atoms with Crippen LogP contribution in [0.1, 0.15) is 16.1 Å². The van der Waals surface area contributed by atoms with Crippen LogP contribution in [0.5, 0.6) is 0 Å². The van der Waals surface area contributed by atoms with Crippen molar-refractivity contribution >= 4 is 28.9 Å². The molecule has 20 heavy (non-hydrogen) atoms. The molecule has 104 valence electrons. The van der Waals surface area contributed by atoms with Crippen molar-refractivity contribution in [1.82, 2.24) is 5.32 Å². The molecule has 1 amide bonds. The van der Waals surface area contributed by atoms with Crippen molar-refractivity contribution < 1.29 is 18.0 Å². The summed E-state index contributed by atoms with van der Waals surface area (Å²) in [6.45, 7) is 1.70. The Morgan fingerprint density at radius 3 is 2.65 bits per heavy atom. The molecule has 0 aliphatic rings. The van der Waals surface area contributed by atoms with E-state index in [0.717, 1.165) is 6.07 Å². The Bertz CT molecular complexity index is 670. The number of amides is 1. The smallest absolute Gasteiger partial charge is 0.293 e. The highest BCUT2D eigenvalue weighted by atomic mass is 32.1. The lowest BCUT2D eigenvalue weighted by Crippen LogP contribution is -2.34. The third-order valence-electron chi connectivity index (χ3n) is 2.47. The molecule has 0 atom stereocenters. The quantitative estimate of drug-likeness (QED) is 0.837. The Morgan fingerprint density at radius 1 is 1.30 bits per heavy atom. The molecule has 7 heteroatoms. The van der Waals surface area contributed by atoms with Crippen LogP contribution in [0.4, 0.5) is 14.5 Å². The number of halogens is 2. The van der Waals surface area contributed by atoms with Crippen molar-refractivity contribution in [2.24, 2.45) is 0 Å². The van der Waals surface area contributed by atoms with E-state index in [1.54, 1.807) is 13.0 Å². The second-order valence-corrected chi connectivity index (χ2v) is 4.37. The highest BCUT2D eigenvalue weighted by Crippen LogP contribution is 2.15. The summed E-state index contributed by atoms with van der Waals surface area (Å²) in [6, 6.07) is 4.60. The van der Waals surface area contributed by atoms with Crippen molar-refractivity contribution in [1.29, 1.82) is 0 Å². The van der Waals surface area contributed by atoms with E-state index in [1.807, 2.05) is 0 Å². The first-order chi connectivity index (χ1) is 9.47. The largest absolute Gasteiger partial charge is 0.459 e. The molecule has 1 aromatic heterocycles. The number of carbonyl (C=O) groups excluding carboxylic acids is 1. The molecule has 0 radical (unpaired) electrons. The van der Waals surface area contributed by atoms with Gasteiger partial charge in [0.05, 0.1) is 12.0 Å². The van der Waals surface area contributed by atoms with Gasteiger partial charge in [-0.3, -0.25) is 10.1 Å². The molecule has 1 heterocycles. The zero-order valence-electron chi connectivity index (χ0n) is 10.4. The first-order valence-corrected chi connectivity index (χ1v) is 5.99. The Labute approximate surface area is 118 Å². The SMILES string of the molecule is Cc1ccoc1C(=O)NC(=S)Nc1ccc(F)cc1F. The lowest BCUT2D eigenvalue weighted by molar-refractivity contribution is 0.0950. The standard InChI is InChI=1S/C13H10F2N2O2S/c1-7-4-5-19-11(7)12(18)17-13(20)16-10-3-2-8(14)6-9(10)15/h2-6H,1H3,(H2,16,17,18,20). The molecule has 0 aliphatic heterocycles. The monoisotopic (exact) mass is 296 g/mol. The summed E-state index contributed by atoms with van der Waals surface area (Å²) in [5.41, 5.74) is 0.617. The maximum atomic E-state index is 13.4. The molecule has 0 fully saturated rings. The minimum Gasteiger partial charge on any atom is -0.459 e. The molecule has 0 saturated heterocycles. The van der Waals surface area contributed by atoms with Gasteiger partial charge in [0.15, 0.2) is 10.9 Å². The topological polar surface area (TPSA) is 54.3 Å². The van der Waals surface area contributed by atoms with Crippen molar-refractivity contribution in [3.8, 4) is 0 Å². The fourth-order valence-corrected chi connectivity index (χ4v) is 1.71. The third kappa shape index (κ3) is 3.18. The Balaban J connectivity index is 2.03. The van der Waals surface area contributed by atoms with Gasteiger partial charge in [-0.15, -0.1) is 0 Å². The summed E-state index contributed by atoms with van der Waals surface area (Å²) in [5.74, 6) is -1.94. The zero-order chi connectivity index (χ0) is 14.7. The van der Waals surface area contributed by atoms with Crippen LogP contribution in [0.25, 0.3) is 0 Å². The van der Waals surface area contributed by atoms with Crippen molar-refractivity contribution in [2.45, 2.75) is 6.92 Å². The van der Waals surface area contributed by atoms with E-state index in [1.165, 1.54) is 12.3 Å². The predicted molar refractivity (Wildman–Crippen MR) is 73.5 cm³/mol. The minimum atomic E-state index is -0.809. The van der Waals surface area contributed by atoms with Gasteiger partial charge in [-0.25, -0.2) is 8.78 Å². The molecular formula is C13H10F2N2O2S. The maximum Gasteiger partial charge on any atom is 0.293 e. The summed E-state index contributed by atoms with van der Waals surface area (Å²) in [7, 11) is 0. The first kappa shape index (κ1) is 14.1. The zero-order valence-corrected chi connectivity index (χ0v) is 11.2. The number of nitrogens with one attached hydrogen (secondary N) is 2. The summed E-state index contributed by atoms with van der Waals surface area (Å²) in [5, 5.41) is 4.69. The van der Waals surface area contributed by atoms with E-state index in [4.69, 9.17) is 16.6 Å². The first-order valence-electron chi connectivity index (χ1n) is 5.59. The number of hydrogen-bond donors (Lipinski definition) is 2. The van der Waals surface area contributed by atoms with Gasteiger partial charge in [0.2, 0.25) is 0 Å². The van der Waals surface area contributed by atoms with Crippen LogP contribution in [0.2, 0.25) is 0 Å². The van der Waals surface area contributed by atoms with Crippen molar-refractivity contribution in [2.75, 3.05) is 5.32 Å². The predicted octanol–water partition coefficient (Wildman–Crippen LogP) is 2.99. The second kappa shape index (κ2) is 5.79. The number of aryl methyl sites for hydroxylation is 1. The lowest BCUT2D eigenvalue weighted by atomic mass is 10.3. The fourth-order valence-electron chi connectivity index (χ4n) is 1.51. The lowest BCUT2D eigenvalue weighted by Gasteiger charge is -2.09. The molecule has 0 unspecified atom stereocenters. The second-order valence-electron chi connectivity index (χ2n) is 3.97. The summed E-state index contributed by atoms with van der Waals surface area (Å²) < 4.78 is 31.1. The highest BCUT2D eigenvalue weighted by Gasteiger charge is 2.14. The van der Waals surface area contributed by atoms with Crippen LogP contribution in [-0.4, -0.2) is 11.0 Å². The number of thiocarbonyl (C=S) groups is 1. The average Bonchev–Trinajstić information content (AvgIpc) is 2.79. The molecule has 0 bridgehead atoms.